The van der Waals surface area contributed by atoms with Crippen LogP contribution in [0.1, 0.15) is 44.5 Å². The van der Waals surface area contributed by atoms with Crippen molar-refractivity contribution >= 4 is 23.0 Å². The van der Waals surface area contributed by atoms with Gasteiger partial charge in [-0.25, -0.2) is 14.2 Å². The zero-order chi connectivity index (χ0) is 21.3. The molecule has 1 saturated heterocycles. The van der Waals surface area contributed by atoms with Gasteiger partial charge in [0.05, 0.1) is 17.6 Å². The molecule has 1 aliphatic heterocycles. The van der Waals surface area contributed by atoms with Crippen LogP contribution in [0.25, 0.3) is 11.0 Å². The van der Waals surface area contributed by atoms with Crippen molar-refractivity contribution in [3.63, 3.8) is 0 Å². The molecule has 156 valence electrons. The summed E-state index contributed by atoms with van der Waals surface area (Å²) in [6.45, 7) is 4.64. The second kappa shape index (κ2) is 7.89. The van der Waals surface area contributed by atoms with Gasteiger partial charge in [-0.15, -0.1) is 0 Å². The maximum atomic E-state index is 13.6. The number of nitrogens with one attached hydrogen (secondary N) is 1. The largest absolute Gasteiger partial charge is 0.327 e. The van der Waals surface area contributed by atoms with E-state index in [4.69, 9.17) is 0 Å². The molecule has 0 bridgehead atoms. The summed E-state index contributed by atoms with van der Waals surface area (Å²) in [6, 6.07) is 13.4. The van der Waals surface area contributed by atoms with E-state index in [9.17, 15) is 14.0 Å². The van der Waals surface area contributed by atoms with Crippen LogP contribution in [-0.4, -0.2) is 26.4 Å². The number of carbonyl (C=O) groups is 2. The second-order valence-corrected chi connectivity index (χ2v) is 7.60. The van der Waals surface area contributed by atoms with Gasteiger partial charge in [-0.05, 0) is 31.0 Å². The Balaban J connectivity index is 1.71. The monoisotopic (exact) mass is 408 g/mol. The van der Waals surface area contributed by atoms with Crippen LogP contribution in [0.3, 0.4) is 0 Å². The number of nitrogens with zero attached hydrogens (tertiary/aromatic N) is 3. The minimum atomic E-state index is -1.07. The first kappa shape index (κ1) is 20.1. The van der Waals surface area contributed by atoms with Crippen LogP contribution in [-0.2, 0) is 23.4 Å². The summed E-state index contributed by atoms with van der Waals surface area (Å²) in [6.07, 6.45) is 2.25. The maximum Gasteiger partial charge on any atom is 0.325 e. The zero-order valence-electron chi connectivity index (χ0n) is 17.2. The molecular weight excluding hydrogens is 383 g/mol. The third-order valence-electron chi connectivity index (χ3n) is 5.75. The lowest BCUT2D eigenvalue weighted by Gasteiger charge is -2.27. The molecule has 0 aliphatic carbocycles. The molecule has 1 unspecified atom stereocenters. The molecule has 7 heteroatoms. The maximum absolute atomic E-state index is 13.6. The van der Waals surface area contributed by atoms with E-state index in [2.05, 4.69) is 17.2 Å². The van der Waals surface area contributed by atoms with Crippen molar-refractivity contribution in [2.24, 2.45) is 0 Å². The van der Waals surface area contributed by atoms with Crippen molar-refractivity contribution in [1.82, 2.24) is 19.8 Å². The van der Waals surface area contributed by atoms with Gasteiger partial charge in [-0.3, -0.25) is 9.69 Å². The number of imide groups is 1. The van der Waals surface area contributed by atoms with Crippen LogP contribution >= 0.6 is 0 Å². The number of rotatable bonds is 7. The number of aryl methyl sites for hydroxylation is 1. The van der Waals surface area contributed by atoms with Gasteiger partial charge in [0.2, 0.25) is 0 Å². The minimum absolute atomic E-state index is 0.0372. The van der Waals surface area contributed by atoms with E-state index in [1.807, 2.05) is 41.8 Å². The van der Waals surface area contributed by atoms with Gasteiger partial charge in [0.15, 0.2) is 0 Å². The molecule has 1 fully saturated rings. The van der Waals surface area contributed by atoms with Crippen LogP contribution in [0.4, 0.5) is 9.18 Å². The summed E-state index contributed by atoms with van der Waals surface area (Å²) in [7, 11) is 0. The third-order valence-corrected chi connectivity index (χ3v) is 5.75. The Kier molecular flexibility index (Phi) is 5.28. The van der Waals surface area contributed by atoms with Crippen molar-refractivity contribution in [3.8, 4) is 0 Å². The molecule has 2 heterocycles. The van der Waals surface area contributed by atoms with E-state index in [-0.39, 0.29) is 18.3 Å². The van der Waals surface area contributed by atoms with Crippen LogP contribution in [0.5, 0.6) is 0 Å². The number of hydrogen-bond donors (Lipinski definition) is 1. The number of benzene rings is 2. The fraction of sp³-hybridized carbons (Fsp3) is 0.348. The standard InChI is InChI=1S/C23H25FN4O2/c1-3-5-13-23(16-9-7-6-8-10-16)21(29)28(22(30)26-23)15-20-25-18-14-17(24)11-12-19(18)27(20)4-2/h6-12,14H,3-5,13,15H2,1-2H3,(H,26,30). The van der Waals surface area contributed by atoms with Crippen molar-refractivity contribution in [3.05, 3.63) is 65.7 Å². The molecule has 3 aromatic rings. The number of unbranched alkanes of at least 4 members (excludes halogenated alkanes) is 1. The van der Waals surface area contributed by atoms with Crippen LogP contribution in [0, 0.1) is 5.82 Å². The van der Waals surface area contributed by atoms with Gasteiger partial charge in [-0.2, -0.15) is 0 Å². The number of hydrogen-bond acceptors (Lipinski definition) is 3. The van der Waals surface area contributed by atoms with Gasteiger partial charge >= 0.3 is 6.03 Å². The molecule has 0 saturated carbocycles. The summed E-state index contributed by atoms with van der Waals surface area (Å²) in [5, 5.41) is 2.96. The van der Waals surface area contributed by atoms with E-state index in [1.54, 1.807) is 6.07 Å². The summed E-state index contributed by atoms with van der Waals surface area (Å²) in [5.41, 5.74) is 1.01. The molecule has 1 atom stereocenters. The molecule has 30 heavy (non-hydrogen) atoms. The highest BCUT2D eigenvalue weighted by Gasteiger charge is 2.52. The molecule has 1 aromatic heterocycles. The molecule has 2 aromatic carbocycles. The topological polar surface area (TPSA) is 67.2 Å². The van der Waals surface area contributed by atoms with E-state index >= 15 is 0 Å². The minimum Gasteiger partial charge on any atom is -0.327 e. The number of aromatic nitrogens is 2. The summed E-state index contributed by atoms with van der Waals surface area (Å²) >= 11 is 0. The Bertz CT molecular complexity index is 1100. The van der Waals surface area contributed by atoms with E-state index < -0.39 is 11.6 Å². The molecule has 0 radical (unpaired) electrons. The van der Waals surface area contributed by atoms with Crippen LogP contribution < -0.4 is 5.32 Å². The molecule has 0 spiro atoms. The first-order valence-corrected chi connectivity index (χ1v) is 10.3. The number of imidazole rings is 1. The van der Waals surface area contributed by atoms with Crippen LogP contribution in [0.2, 0.25) is 0 Å². The van der Waals surface area contributed by atoms with Crippen molar-refractivity contribution in [2.45, 2.75) is 51.7 Å². The average molecular weight is 408 g/mol. The third kappa shape index (κ3) is 3.24. The Morgan fingerprint density at radius 3 is 2.57 bits per heavy atom. The number of urea groups is 1. The highest BCUT2D eigenvalue weighted by molar-refractivity contribution is 6.07. The number of fused-ring (bicyclic) bond motifs is 1. The number of halogens is 1. The number of amides is 3. The van der Waals surface area contributed by atoms with Crippen molar-refractivity contribution in [1.29, 1.82) is 0 Å². The molecular formula is C23H25FN4O2. The smallest absolute Gasteiger partial charge is 0.325 e. The van der Waals surface area contributed by atoms with Gasteiger partial charge < -0.3 is 9.88 Å². The SMILES string of the molecule is CCCCC1(c2ccccc2)NC(=O)N(Cc2nc3cc(F)ccc3n2CC)C1=O. The molecule has 6 nitrogen and oxygen atoms in total. The Morgan fingerprint density at radius 1 is 1.10 bits per heavy atom. The summed E-state index contributed by atoms with van der Waals surface area (Å²) in [4.78, 5) is 32.2. The lowest BCUT2D eigenvalue weighted by molar-refractivity contribution is -0.132. The van der Waals surface area contributed by atoms with E-state index in [1.165, 1.54) is 17.0 Å². The summed E-state index contributed by atoms with van der Waals surface area (Å²) in [5.74, 6) is -0.0820. The van der Waals surface area contributed by atoms with Crippen molar-refractivity contribution < 1.29 is 14.0 Å². The Morgan fingerprint density at radius 2 is 1.87 bits per heavy atom. The molecule has 4 rings (SSSR count). The van der Waals surface area contributed by atoms with Crippen molar-refractivity contribution in [2.75, 3.05) is 0 Å². The fourth-order valence-electron chi connectivity index (χ4n) is 4.21. The number of carbonyl (C=O) groups excluding carboxylic acids is 2. The van der Waals surface area contributed by atoms with Gasteiger partial charge in [0.1, 0.15) is 17.2 Å². The van der Waals surface area contributed by atoms with Gasteiger partial charge in [-0.1, -0.05) is 50.1 Å². The average Bonchev–Trinajstić information content (AvgIpc) is 3.22. The predicted octanol–water partition coefficient (Wildman–Crippen LogP) is 4.33. The van der Waals surface area contributed by atoms with E-state index in [0.29, 0.717) is 24.3 Å². The van der Waals surface area contributed by atoms with E-state index in [0.717, 1.165) is 23.9 Å². The highest BCUT2D eigenvalue weighted by Crippen LogP contribution is 2.35. The van der Waals surface area contributed by atoms with Crippen LogP contribution in [0.15, 0.2) is 48.5 Å². The molecule has 1 N–H and O–H groups in total. The lowest BCUT2D eigenvalue weighted by atomic mass is 9.85. The Hall–Kier alpha value is -3.22. The normalized spacial score (nSPS) is 19.0. The Labute approximate surface area is 174 Å². The first-order valence-electron chi connectivity index (χ1n) is 10.3. The van der Waals surface area contributed by atoms with Gasteiger partial charge in [0.25, 0.3) is 5.91 Å². The predicted molar refractivity (Wildman–Crippen MR) is 112 cm³/mol. The zero-order valence-corrected chi connectivity index (χ0v) is 17.2. The highest BCUT2D eigenvalue weighted by atomic mass is 19.1. The fourth-order valence-corrected chi connectivity index (χ4v) is 4.21. The lowest BCUT2D eigenvalue weighted by Crippen LogP contribution is -2.44. The molecule has 3 amide bonds. The summed E-state index contributed by atoms with van der Waals surface area (Å²) < 4.78 is 15.5. The quantitative estimate of drug-likeness (QED) is 0.592. The first-order chi connectivity index (χ1) is 14.5. The van der Waals surface area contributed by atoms with Gasteiger partial charge in [0, 0.05) is 12.6 Å². The molecule has 1 aliphatic rings. The second-order valence-electron chi connectivity index (χ2n) is 7.60.